The van der Waals surface area contributed by atoms with E-state index in [4.69, 9.17) is 9.15 Å². The Morgan fingerprint density at radius 2 is 0.985 bits per heavy atom. The number of ether oxygens (including phenoxy) is 1. The maximum Gasteiger partial charge on any atom is 0.762 e. The fourth-order valence-corrected chi connectivity index (χ4v) is 8.53. The molecule has 66 heavy (non-hydrogen) atoms. The van der Waals surface area contributed by atoms with E-state index in [-0.39, 0.29) is 9.41 Å². The largest absolute Gasteiger partial charge is 1.00 e. The number of nitrogens with zero attached hydrogens (tertiary/aromatic N) is 1. The van der Waals surface area contributed by atoms with Crippen LogP contribution >= 0.6 is 63.7 Å². The number of hydrogen-bond donors (Lipinski definition) is 0. The molecule has 3 aliphatic rings. The number of allylic oxidation sites excluding steroid dienone is 4. The van der Waals surface area contributed by atoms with Gasteiger partial charge in [0.15, 0.2) is 0 Å². The molecule has 0 radical (unpaired) electrons. The highest BCUT2D eigenvalue weighted by Crippen LogP contribution is 2.33. The molecular weight excluding hydrogens is 1130 g/mol. The van der Waals surface area contributed by atoms with Crippen LogP contribution < -0.4 is 24.6 Å². The first-order valence-corrected chi connectivity index (χ1v) is 23.3. The lowest BCUT2D eigenvalue weighted by molar-refractivity contribution is -0.001000. The number of rotatable bonds is 5. The molecule has 4 heterocycles. The Balaban J connectivity index is 0.000000262. The van der Waals surface area contributed by atoms with Crippen molar-refractivity contribution in [2.24, 2.45) is 0 Å². The fraction of sp³-hybridized carbons (Fsp3) is 0.143. The van der Waals surface area contributed by atoms with Crippen LogP contribution in [0, 0.1) is 6.92 Å². The van der Waals surface area contributed by atoms with Crippen LogP contribution in [0.25, 0.3) is 39.9 Å². The zero-order chi connectivity index (χ0) is 45.8. The smallest absolute Gasteiger partial charge is 0.762 e. The molecular formula is C49H39B2Br4F8NO2. The van der Waals surface area contributed by atoms with Crippen LogP contribution in [0.2, 0.25) is 0 Å². The molecule has 0 amide bonds. The van der Waals surface area contributed by atoms with Crippen molar-refractivity contribution in [2.45, 2.75) is 32.6 Å². The van der Waals surface area contributed by atoms with Gasteiger partial charge in [0, 0.05) is 59.1 Å². The van der Waals surface area contributed by atoms with Crippen molar-refractivity contribution in [1.82, 2.24) is 4.58 Å². The van der Waals surface area contributed by atoms with Gasteiger partial charge in [0.1, 0.15) is 24.6 Å². The molecule has 0 saturated heterocycles. The predicted octanol–water partition coefficient (Wildman–Crippen LogP) is 8.91. The molecule has 0 atom stereocenters. The normalized spacial score (nSPS) is 13.7. The molecule has 1 aromatic heterocycles. The van der Waals surface area contributed by atoms with E-state index in [0.717, 1.165) is 68.8 Å². The van der Waals surface area contributed by atoms with Gasteiger partial charge in [0.2, 0.25) is 5.36 Å². The van der Waals surface area contributed by atoms with Crippen molar-refractivity contribution in [3.05, 3.63) is 202 Å². The number of benzene rings is 5. The van der Waals surface area contributed by atoms with E-state index in [0.29, 0.717) is 0 Å². The topological polar surface area (TPSA) is 23.5 Å². The summed E-state index contributed by atoms with van der Waals surface area (Å²) in [6.45, 7) is 4.39. The molecule has 17 heteroatoms. The third-order valence-electron chi connectivity index (χ3n) is 10.1. The second-order valence-electron chi connectivity index (χ2n) is 14.7. The van der Waals surface area contributed by atoms with Crippen LogP contribution in [-0.4, -0.2) is 28.2 Å². The Hall–Kier alpha value is -4.57. The van der Waals surface area contributed by atoms with E-state index in [1.54, 1.807) is 0 Å². The van der Waals surface area contributed by atoms with Gasteiger partial charge in [-0.1, -0.05) is 106 Å². The summed E-state index contributed by atoms with van der Waals surface area (Å²) in [7, 11) is -7.33. The summed E-state index contributed by atoms with van der Waals surface area (Å²) >= 11 is 14.0. The van der Waals surface area contributed by atoms with Gasteiger partial charge in [-0.3, -0.25) is 25.9 Å². The molecule has 0 bridgehead atoms. The lowest BCUT2D eigenvalue weighted by Crippen LogP contribution is -3.00. The van der Waals surface area contributed by atoms with Gasteiger partial charge < -0.3 is 14.1 Å². The molecule has 9 rings (SSSR count). The first kappa shape index (κ1) is 54.0. The highest BCUT2D eigenvalue weighted by atomic mass is 79.9. The second-order valence-corrected chi connectivity index (χ2v) is 18.3. The summed E-state index contributed by atoms with van der Waals surface area (Å²) in [6.07, 6.45) is 13.4. The highest BCUT2D eigenvalue weighted by molar-refractivity contribution is 9.11. The minimum atomic E-state index is -3.67. The van der Waals surface area contributed by atoms with Gasteiger partial charge in [-0.15, -0.1) is 0 Å². The Morgan fingerprint density at radius 1 is 0.545 bits per heavy atom. The van der Waals surface area contributed by atoms with Gasteiger partial charge in [-0.2, -0.15) is 0 Å². The lowest BCUT2D eigenvalue weighted by Gasteiger charge is -2.19. The third-order valence-corrected chi connectivity index (χ3v) is 12.3. The number of halogens is 12. The molecule has 3 aliphatic heterocycles. The molecule has 5 aromatic carbocycles. The SMILES string of the molecule is Brc1ccc(C2=CC(=CC=c3cc4c5c(c3)CCC[N+]=5CCC4)OC(c3ccc(Br)cc3)=C2)cc1.Cc1cc(-c2ccc(Br)cc2)cc(-c2ccc(Br)cc2)[o+]1.FB(F)F.FB(F)F.[F-].[F-]. The van der Waals surface area contributed by atoms with Crippen LogP contribution in [0.4, 0.5) is 25.9 Å². The maximum atomic E-state index is 9.67. The van der Waals surface area contributed by atoms with Crippen LogP contribution in [-0.2, 0) is 17.6 Å². The number of aryl methyl sites for hydroxylation is 3. The third kappa shape index (κ3) is 16.1. The van der Waals surface area contributed by atoms with Gasteiger partial charge in [-0.25, -0.2) is 8.99 Å². The average Bonchev–Trinajstić information content (AvgIpc) is 3.26. The summed E-state index contributed by atoms with van der Waals surface area (Å²) in [5.74, 6) is 3.47. The summed E-state index contributed by atoms with van der Waals surface area (Å²) in [5.41, 5.74) is 9.77. The van der Waals surface area contributed by atoms with Gasteiger partial charge >= 0.3 is 26.6 Å². The first-order valence-electron chi connectivity index (χ1n) is 20.1. The van der Waals surface area contributed by atoms with Crippen LogP contribution in [0.5, 0.6) is 0 Å². The van der Waals surface area contributed by atoms with Crippen LogP contribution in [0.1, 0.15) is 40.9 Å². The standard InChI is InChI=1S/C31H26Br2NO.C18H13Br2O.2BF3.2FH/c32-27-10-6-22(7-11-27)26-19-29(35-30(20-26)23-8-12-28(33)13-9-23)14-5-21-17-24-3-1-15-34-16-2-4-25(18-21)31(24)34;1-12-10-15(13-2-6-16(19)7-3-13)11-18(21-12)14-4-8-17(20)9-5-14;2*2-1(3)4;;/h5-14,17-20H,1-4,15-16H2;2-11H,1H3;;;2*1H/q2*+1;;;;/p-2. The minimum absolute atomic E-state index is 0. The molecule has 0 spiro atoms. The average molecular weight is 1170 g/mol. The van der Waals surface area contributed by atoms with Crippen molar-refractivity contribution in [3.8, 4) is 22.5 Å². The maximum absolute atomic E-state index is 9.67. The van der Waals surface area contributed by atoms with E-state index in [9.17, 15) is 25.9 Å². The van der Waals surface area contributed by atoms with Crippen LogP contribution in [0.3, 0.4) is 0 Å². The van der Waals surface area contributed by atoms with Crippen molar-refractivity contribution in [3.63, 3.8) is 0 Å². The summed E-state index contributed by atoms with van der Waals surface area (Å²) in [5, 5.41) is 2.77. The molecule has 0 unspecified atom stereocenters. The van der Waals surface area contributed by atoms with E-state index < -0.39 is 15.1 Å². The Labute approximate surface area is 412 Å². The lowest BCUT2D eigenvalue weighted by atomic mass is 9.95. The Morgan fingerprint density at radius 3 is 1.47 bits per heavy atom. The minimum Gasteiger partial charge on any atom is -1.00 e. The van der Waals surface area contributed by atoms with E-state index in [2.05, 4.69) is 178 Å². The van der Waals surface area contributed by atoms with Gasteiger partial charge in [0.25, 0.3) is 0 Å². The zero-order valence-corrected chi connectivity index (χ0v) is 41.4. The van der Waals surface area contributed by atoms with E-state index >= 15 is 0 Å². The van der Waals surface area contributed by atoms with Crippen molar-refractivity contribution in [2.75, 3.05) is 13.1 Å². The van der Waals surface area contributed by atoms with Crippen molar-refractivity contribution >= 4 is 96.2 Å². The van der Waals surface area contributed by atoms with Crippen LogP contribution in [0.15, 0.2) is 168 Å². The second kappa shape index (κ2) is 26.1. The van der Waals surface area contributed by atoms with Crippen molar-refractivity contribution in [1.29, 1.82) is 0 Å². The Kier molecular flexibility index (Phi) is 21.4. The summed E-state index contributed by atoms with van der Waals surface area (Å²) in [6, 6.07) is 42.0. The van der Waals surface area contributed by atoms with Gasteiger partial charge in [0.05, 0.1) is 18.6 Å². The Bertz CT molecular complexity index is 2660. The molecule has 0 aliphatic carbocycles. The summed E-state index contributed by atoms with van der Waals surface area (Å²) < 4.78 is 77.1. The van der Waals surface area contributed by atoms with E-state index in [1.807, 2.05) is 43.3 Å². The number of hydrogen-bond acceptors (Lipinski definition) is 1. The van der Waals surface area contributed by atoms with Crippen molar-refractivity contribution < 1.29 is 44.5 Å². The van der Waals surface area contributed by atoms with Gasteiger partial charge in [-0.05, 0) is 126 Å². The highest BCUT2D eigenvalue weighted by Gasteiger charge is 2.23. The monoisotopic (exact) mass is 1160 g/mol. The summed E-state index contributed by atoms with van der Waals surface area (Å²) in [4.78, 5) is 0. The molecule has 342 valence electrons. The molecule has 0 N–H and O–H groups in total. The zero-order valence-electron chi connectivity index (χ0n) is 35.1. The molecule has 0 saturated carbocycles. The first-order chi connectivity index (χ1) is 30.7. The quantitative estimate of drug-likeness (QED) is 0.0746. The fourth-order valence-electron chi connectivity index (χ4n) is 7.47. The van der Waals surface area contributed by atoms with E-state index in [1.165, 1.54) is 66.0 Å². The predicted molar refractivity (Wildman–Crippen MR) is 263 cm³/mol. The molecule has 0 fully saturated rings. The molecule has 3 nitrogen and oxygen atoms in total. The molecule has 6 aromatic rings.